The molecule has 0 atom stereocenters. The van der Waals surface area contributed by atoms with Gasteiger partial charge in [-0.2, -0.15) is 0 Å². The van der Waals surface area contributed by atoms with Crippen LogP contribution in [0.25, 0.3) is 0 Å². The van der Waals surface area contributed by atoms with Gasteiger partial charge in [-0.1, -0.05) is 35.0 Å². The Labute approximate surface area is 132 Å². The average Bonchev–Trinajstić information content (AvgIpc) is 2.92. The zero-order valence-corrected chi connectivity index (χ0v) is 12.6. The first-order valence-corrected chi connectivity index (χ1v) is 7.08. The first kappa shape index (κ1) is 14.3. The summed E-state index contributed by atoms with van der Waals surface area (Å²) in [5, 5.41) is 10.9. The van der Waals surface area contributed by atoms with Crippen LogP contribution in [0.15, 0.2) is 47.2 Å². The van der Waals surface area contributed by atoms with E-state index in [0.717, 1.165) is 16.3 Å². The van der Waals surface area contributed by atoms with Gasteiger partial charge in [0.15, 0.2) is 5.82 Å². The normalized spacial score (nSPS) is 10.5. The molecule has 22 heavy (non-hydrogen) atoms. The number of benzene rings is 1. The van der Waals surface area contributed by atoms with Gasteiger partial charge < -0.3 is 15.2 Å². The molecule has 0 saturated carbocycles. The fourth-order valence-electron chi connectivity index (χ4n) is 1.91. The molecule has 0 fully saturated rings. The van der Waals surface area contributed by atoms with E-state index in [1.807, 2.05) is 31.2 Å². The Balaban J connectivity index is 1.67. The molecule has 0 unspecified atom stereocenters. The molecule has 112 valence electrons. The van der Waals surface area contributed by atoms with Gasteiger partial charge in [0.25, 0.3) is 0 Å². The second kappa shape index (κ2) is 6.44. The molecule has 3 aromatic rings. The number of aromatic nitrogens is 3. The molecule has 3 rings (SSSR count). The Bertz CT molecular complexity index is 774. The number of nitrogens with zero attached hydrogens (tertiary/aromatic N) is 3. The molecular weight excluding hydrogens is 302 g/mol. The summed E-state index contributed by atoms with van der Waals surface area (Å²) >= 11 is 6.13. The molecule has 0 spiro atoms. The minimum absolute atomic E-state index is 0.583. The molecule has 6 nitrogen and oxygen atoms in total. The van der Waals surface area contributed by atoms with Crippen molar-refractivity contribution in [2.45, 2.75) is 13.5 Å². The monoisotopic (exact) mass is 315 g/mol. The SMILES string of the molecule is Cc1cc(Nc2cc(NCc3ccccc3Cl)ncn2)no1. The number of rotatable bonds is 5. The highest BCUT2D eigenvalue weighted by Crippen LogP contribution is 2.18. The molecule has 0 amide bonds. The molecule has 2 aromatic heterocycles. The van der Waals surface area contributed by atoms with Gasteiger partial charge in [0.1, 0.15) is 23.7 Å². The summed E-state index contributed by atoms with van der Waals surface area (Å²) < 4.78 is 5.00. The lowest BCUT2D eigenvalue weighted by molar-refractivity contribution is 0.400. The van der Waals surface area contributed by atoms with Gasteiger partial charge in [0, 0.05) is 23.7 Å². The Morgan fingerprint density at radius 3 is 2.68 bits per heavy atom. The molecule has 0 aliphatic rings. The smallest absolute Gasteiger partial charge is 0.175 e. The summed E-state index contributed by atoms with van der Waals surface area (Å²) in [4.78, 5) is 8.33. The van der Waals surface area contributed by atoms with Crippen LogP contribution >= 0.6 is 11.6 Å². The molecule has 7 heteroatoms. The lowest BCUT2D eigenvalue weighted by atomic mass is 10.2. The summed E-state index contributed by atoms with van der Waals surface area (Å²) in [7, 11) is 0. The third-order valence-corrected chi connectivity index (χ3v) is 3.34. The first-order valence-electron chi connectivity index (χ1n) is 6.70. The molecule has 2 N–H and O–H groups in total. The van der Waals surface area contributed by atoms with Crippen LogP contribution in [0.4, 0.5) is 17.5 Å². The molecule has 0 aliphatic heterocycles. The highest BCUT2D eigenvalue weighted by Gasteiger charge is 2.04. The van der Waals surface area contributed by atoms with Gasteiger partial charge in [-0.3, -0.25) is 0 Å². The van der Waals surface area contributed by atoms with Crippen molar-refractivity contribution in [2.75, 3.05) is 10.6 Å². The summed E-state index contributed by atoms with van der Waals surface area (Å²) in [6, 6.07) is 11.3. The van der Waals surface area contributed by atoms with Crippen molar-refractivity contribution in [3.05, 3.63) is 59.1 Å². The maximum Gasteiger partial charge on any atom is 0.175 e. The minimum Gasteiger partial charge on any atom is -0.366 e. The van der Waals surface area contributed by atoms with Gasteiger partial charge in [0.2, 0.25) is 0 Å². The second-order valence-electron chi connectivity index (χ2n) is 4.68. The molecule has 0 bridgehead atoms. The van der Waals surface area contributed by atoms with E-state index in [2.05, 4.69) is 25.8 Å². The van der Waals surface area contributed by atoms with E-state index in [0.29, 0.717) is 24.0 Å². The van der Waals surface area contributed by atoms with Crippen molar-refractivity contribution < 1.29 is 4.52 Å². The van der Waals surface area contributed by atoms with E-state index < -0.39 is 0 Å². The molecular formula is C15H14ClN5O. The zero-order chi connectivity index (χ0) is 15.4. The molecule has 0 radical (unpaired) electrons. The number of halogens is 1. The van der Waals surface area contributed by atoms with E-state index in [9.17, 15) is 0 Å². The van der Waals surface area contributed by atoms with Crippen LogP contribution in [0, 0.1) is 6.92 Å². The third-order valence-electron chi connectivity index (χ3n) is 2.97. The van der Waals surface area contributed by atoms with Crippen molar-refractivity contribution in [3.63, 3.8) is 0 Å². The number of aryl methyl sites for hydroxylation is 1. The maximum absolute atomic E-state index is 6.13. The maximum atomic E-state index is 6.13. The Morgan fingerprint density at radius 1 is 1.09 bits per heavy atom. The van der Waals surface area contributed by atoms with Gasteiger partial charge >= 0.3 is 0 Å². The van der Waals surface area contributed by atoms with E-state index in [4.69, 9.17) is 16.1 Å². The van der Waals surface area contributed by atoms with E-state index >= 15 is 0 Å². The largest absolute Gasteiger partial charge is 0.366 e. The first-order chi connectivity index (χ1) is 10.7. The number of nitrogens with one attached hydrogen (secondary N) is 2. The van der Waals surface area contributed by atoms with Gasteiger partial charge in [-0.25, -0.2) is 9.97 Å². The van der Waals surface area contributed by atoms with Crippen LogP contribution < -0.4 is 10.6 Å². The second-order valence-corrected chi connectivity index (χ2v) is 5.09. The van der Waals surface area contributed by atoms with Gasteiger partial charge in [-0.15, -0.1) is 0 Å². The summed E-state index contributed by atoms with van der Waals surface area (Å²) in [5.74, 6) is 2.66. The lowest BCUT2D eigenvalue weighted by Crippen LogP contribution is -2.03. The van der Waals surface area contributed by atoms with Crippen LogP contribution in [0.5, 0.6) is 0 Å². The summed E-state index contributed by atoms with van der Waals surface area (Å²) in [6.07, 6.45) is 1.48. The predicted octanol–water partition coefficient (Wildman–Crippen LogP) is 3.78. The molecule has 0 aliphatic carbocycles. The minimum atomic E-state index is 0.583. The number of hydrogen-bond acceptors (Lipinski definition) is 6. The molecule has 1 aromatic carbocycles. The van der Waals surface area contributed by atoms with Crippen LogP contribution in [0.1, 0.15) is 11.3 Å². The van der Waals surface area contributed by atoms with Crippen molar-refractivity contribution in [2.24, 2.45) is 0 Å². The number of hydrogen-bond donors (Lipinski definition) is 2. The predicted molar refractivity (Wildman–Crippen MR) is 85.3 cm³/mol. The Morgan fingerprint density at radius 2 is 1.91 bits per heavy atom. The van der Waals surface area contributed by atoms with E-state index in [-0.39, 0.29) is 0 Å². The lowest BCUT2D eigenvalue weighted by Gasteiger charge is -2.08. The van der Waals surface area contributed by atoms with Gasteiger partial charge in [0.05, 0.1) is 0 Å². The van der Waals surface area contributed by atoms with Crippen molar-refractivity contribution in [1.29, 1.82) is 0 Å². The number of anilines is 3. The Hall–Kier alpha value is -2.60. The van der Waals surface area contributed by atoms with Crippen molar-refractivity contribution in [3.8, 4) is 0 Å². The van der Waals surface area contributed by atoms with Crippen LogP contribution in [0.2, 0.25) is 5.02 Å². The summed E-state index contributed by atoms with van der Waals surface area (Å²) in [6.45, 7) is 2.41. The highest BCUT2D eigenvalue weighted by molar-refractivity contribution is 6.31. The van der Waals surface area contributed by atoms with Crippen molar-refractivity contribution >= 4 is 29.1 Å². The van der Waals surface area contributed by atoms with Crippen LogP contribution in [0.3, 0.4) is 0 Å². The molecule has 0 saturated heterocycles. The summed E-state index contributed by atoms with van der Waals surface area (Å²) in [5.41, 5.74) is 1.00. The topological polar surface area (TPSA) is 75.9 Å². The standard InChI is InChI=1S/C15H14ClN5O/c1-10-6-15(21-22-10)20-14-7-13(18-9-19-14)17-8-11-4-2-3-5-12(11)16/h2-7,9H,8H2,1H3,(H2,17,18,19,20,21). The van der Waals surface area contributed by atoms with Crippen LogP contribution in [-0.4, -0.2) is 15.1 Å². The quantitative estimate of drug-likeness (QED) is 0.746. The van der Waals surface area contributed by atoms with E-state index in [1.165, 1.54) is 6.33 Å². The fourth-order valence-corrected chi connectivity index (χ4v) is 2.11. The van der Waals surface area contributed by atoms with Crippen molar-refractivity contribution in [1.82, 2.24) is 15.1 Å². The molecule has 2 heterocycles. The zero-order valence-electron chi connectivity index (χ0n) is 11.9. The third kappa shape index (κ3) is 3.53. The van der Waals surface area contributed by atoms with E-state index in [1.54, 1.807) is 12.1 Å². The average molecular weight is 316 g/mol. The highest BCUT2D eigenvalue weighted by atomic mass is 35.5. The van der Waals surface area contributed by atoms with Crippen LogP contribution in [-0.2, 0) is 6.54 Å². The Kier molecular flexibility index (Phi) is 4.20. The van der Waals surface area contributed by atoms with Gasteiger partial charge in [-0.05, 0) is 18.6 Å². The fraction of sp³-hybridized carbons (Fsp3) is 0.133.